The van der Waals surface area contributed by atoms with E-state index in [-0.39, 0.29) is 22.4 Å². The SMILES string of the molecule is CC(=O)c1ccc(NC(=O)CSc2nc(-c3ccccc3)cc(C(F)(F)F)n2)cc1. The van der Waals surface area contributed by atoms with Crippen LogP contribution in [0.4, 0.5) is 18.9 Å². The molecule has 2 aromatic carbocycles. The van der Waals surface area contributed by atoms with Crippen LogP contribution in [0.15, 0.2) is 65.8 Å². The van der Waals surface area contributed by atoms with Gasteiger partial charge in [0.05, 0.1) is 11.4 Å². The highest BCUT2D eigenvalue weighted by Crippen LogP contribution is 2.32. The molecule has 5 nitrogen and oxygen atoms in total. The zero-order valence-corrected chi connectivity index (χ0v) is 16.6. The lowest BCUT2D eigenvalue weighted by atomic mass is 10.1. The van der Waals surface area contributed by atoms with E-state index < -0.39 is 17.8 Å². The van der Waals surface area contributed by atoms with E-state index in [9.17, 15) is 22.8 Å². The van der Waals surface area contributed by atoms with Crippen LogP contribution < -0.4 is 5.32 Å². The third kappa shape index (κ3) is 5.66. The van der Waals surface area contributed by atoms with Crippen LogP contribution in [0.1, 0.15) is 23.0 Å². The van der Waals surface area contributed by atoms with Gasteiger partial charge in [0.2, 0.25) is 5.91 Å². The molecule has 30 heavy (non-hydrogen) atoms. The molecule has 1 heterocycles. The molecule has 1 aromatic heterocycles. The zero-order valence-electron chi connectivity index (χ0n) is 15.7. The Morgan fingerprint density at radius 3 is 2.27 bits per heavy atom. The number of alkyl halides is 3. The zero-order chi connectivity index (χ0) is 21.7. The number of nitrogens with zero attached hydrogens (tertiary/aromatic N) is 2. The largest absolute Gasteiger partial charge is 0.433 e. The van der Waals surface area contributed by atoms with E-state index in [1.807, 2.05) is 0 Å². The number of thioether (sulfide) groups is 1. The Labute approximate surface area is 174 Å². The quantitative estimate of drug-likeness (QED) is 0.334. The van der Waals surface area contributed by atoms with Crippen LogP contribution in [0.2, 0.25) is 0 Å². The highest BCUT2D eigenvalue weighted by atomic mass is 32.2. The summed E-state index contributed by atoms with van der Waals surface area (Å²) >= 11 is 0.807. The average molecular weight is 431 g/mol. The number of Topliss-reactive ketones (excluding diaryl/α,β-unsaturated/α-hetero) is 1. The molecule has 0 saturated heterocycles. The first kappa shape index (κ1) is 21.5. The summed E-state index contributed by atoms with van der Waals surface area (Å²) in [7, 11) is 0. The molecule has 1 N–H and O–H groups in total. The fourth-order valence-corrected chi connectivity index (χ4v) is 3.17. The molecule has 0 saturated carbocycles. The minimum absolute atomic E-state index is 0.0978. The summed E-state index contributed by atoms with van der Waals surface area (Å²) in [6.45, 7) is 1.43. The predicted molar refractivity (Wildman–Crippen MR) is 108 cm³/mol. The number of carbonyl (C=O) groups is 2. The fourth-order valence-electron chi connectivity index (χ4n) is 2.51. The minimum atomic E-state index is -4.64. The topological polar surface area (TPSA) is 72.0 Å². The molecule has 0 radical (unpaired) electrons. The number of hydrogen-bond donors (Lipinski definition) is 1. The third-order valence-corrected chi connectivity index (χ3v) is 4.82. The van der Waals surface area contributed by atoms with E-state index in [0.29, 0.717) is 16.8 Å². The molecule has 3 aromatic rings. The number of benzene rings is 2. The van der Waals surface area contributed by atoms with Crippen LogP contribution in [-0.4, -0.2) is 27.4 Å². The maximum atomic E-state index is 13.2. The summed E-state index contributed by atoms with van der Waals surface area (Å²) in [5, 5.41) is 2.47. The fraction of sp³-hybridized carbons (Fsp3) is 0.143. The third-order valence-electron chi connectivity index (χ3n) is 3.97. The molecule has 0 aliphatic rings. The van der Waals surface area contributed by atoms with Gasteiger partial charge in [0.1, 0.15) is 5.69 Å². The van der Waals surface area contributed by atoms with Gasteiger partial charge < -0.3 is 5.32 Å². The Kier molecular flexibility index (Phi) is 6.51. The van der Waals surface area contributed by atoms with Crippen LogP contribution in [0.25, 0.3) is 11.3 Å². The second-order valence-corrected chi connectivity index (χ2v) is 7.20. The molecule has 9 heteroatoms. The summed E-state index contributed by atoms with van der Waals surface area (Å²) in [5.74, 6) is -0.707. The highest BCUT2D eigenvalue weighted by molar-refractivity contribution is 7.99. The molecule has 0 atom stereocenters. The van der Waals surface area contributed by atoms with Crippen LogP contribution in [-0.2, 0) is 11.0 Å². The van der Waals surface area contributed by atoms with Crippen LogP contribution in [0.3, 0.4) is 0 Å². The van der Waals surface area contributed by atoms with Gasteiger partial charge in [0.25, 0.3) is 0 Å². The van der Waals surface area contributed by atoms with E-state index in [4.69, 9.17) is 0 Å². The molecule has 0 aliphatic heterocycles. The van der Waals surface area contributed by atoms with Gasteiger partial charge >= 0.3 is 6.18 Å². The summed E-state index contributed by atoms with van der Waals surface area (Å²) < 4.78 is 39.7. The molecule has 0 fully saturated rings. The number of amides is 1. The average Bonchev–Trinajstić information content (AvgIpc) is 2.72. The number of nitrogens with one attached hydrogen (secondary N) is 1. The predicted octanol–water partition coefficient (Wildman–Crippen LogP) is 5.10. The summed E-state index contributed by atoms with van der Waals surface area (Å²) in [6.07, 6.45) is -4.64. The normalized spacial score (nSPS) is 11.2. The van der Waals surface area contributed by atoms with Crippen molar-refractivity contribution in [1.82, 2.24) is 9.97 Å². The molecule has 1 amide bonds. The molecule has 0 unspecified atom stereocenters. The maximum absolute atomic E-state index is 13.2. The van der Waals surface area contributed by atoms with Gasteiger partial charge in [-0.1, -0.05) is 42.1 Å². The van der Waals surface area contributed by atoms with Crippen molar-refractivity contribution in [2.45, 2.75) is 18.3 Å². The second kappa shape index (κ2) is 9.08. The number of ketones is 1. The lowest BCUT2D eigenvalue weighted by Crippen LogP contribution is -2.15. The molecule has 0 bridgehead atoms. The van der Waals surface area contributed by atoms with Gasteiger partial charge in [-0.25, -0.2) is 9.97 Å². The summed E-state index contributed by atoms with van der Waals surface area (Å²) in [5.41, 5.74) is 0.552. The standard InChI is InChI=1S/C21H16F3N3O2S/c1-13(28)14-7-9-16(10-8-14)25-19(29)12-30-20-26-17(15-5-3-2-4-6-15)11-18(27-20)21(22,23)24/h2-11H,12H2,1H3,(H,25,29). The van der Waals surface area contributed by atoms with Gasteiger partial charge in [-0.2, -0.15) is 13.2 Å². The van der Waals surface area contributed by atoms with Crippen LogP contribution >= 0.6 is 11.8 Å². The number of anilines is 1. The number of hydrogen-bond acceptors (Lipinski definition) is 5. The van der Waals surface area contributed by atoms with Crippen molar-refractivity contribution in [2.75, 3.05) is 11.1 Å². The first-order valence-electron chi connectivity index (χ1n) is 8.78. The molecule has 3 rings (SSSR count). The van der Waals surface area contributed by atoms with Crippen molar-refractivity contribution in [1.29, 1.82) is 0 Å². The molecule has 0 aliphatic carbocycles. The Morgan fingerprint density at radius 1 is 1.00 bits per heavy atom. The van der Waals surface area contributed by atoms with Gasteiger partial charge in [-0.05, 0) is 37.3 Å². The summed E-state index contributed by atoms with van der Waals surface area (Å²) in [6, 6.07) is 15.6. The van der Waals surface area contributed by atoms with Gasteiger partial charge in [0.15, 0.2) is 10.9 Å². The lowest BCUT2D eigenvalue weighted by Gasteiger charge is -2.10. The first-order valence-corrected chi connectivity index (χ1v) is 9.76. The van der Waals surface area contributed by atoms with Crippen molar-refractivity contribution in [3.05, 3.63) is 71.9 Å². The van der Waals surface area contributed by atoms with E-state index in [2.05, 4.69) is 15.3 Å². The second-order valence-electron chi connectivity index (χ2n) is 6.26. The Hall–Kier alpha value is -3.20. The van der Waals surface area contributed by atoms with Crippen molar-refractivity contribution < 1.29 is 22.8 Å². The van der Waals surface area contributed by atoms with Crippen molar-refractivity contribution in [3.8, 4) is 11.3 Å². The van der Waals surface area contributed by atoms with Crippen molar-refractivity contribution in [2.24, 2.45) is 0 Å². The maximum Gasteiger partial charge on any atom is 0.433 e. The number of aromatic nitrogens is 2. The Bertz CT molecular complexity index is 1060. The van der Waals surface area contributed by atoms with E-state index in [1.54, 1.807) is 54.6 Å². The monoisotopic (exact) mass is 431 g/mol. The number of rotatable bonds is 6. The molecular weight excluding hydrogens is 415 g/mol. The van der Waals surface area contributed by atoms with Gasteiger partial charge in [-0.3, -0.25) is 9.59 Å². The van der Waals surface area contributed by atoms with E-state index in [0.717, 1.165) is 17.8 Å². The molecule has 0 spiro atoms. The Balaban J connectivity index is 1.73. The minimum Gasteiger partial charge on any atom is -0.325 e. The van der Waals surface area contributed by atoms with Crippen LogP contribution in [0.5, 0.6) is 0 Å². The Morgan fingerprint density at radius 2 is 1.67 bits per heavy atom. The number of halogens is 3. The van der Waals surface area contributed by atoms with Gasteiger partial charge in [-0.15, -0.1) is 0 Å². The molecule has 154 valence electrons. The van der Waals surface area contributed by atoms with Crippen molar-refractivity contribution in [3.63, 3.8) is 0 Å². The summed E-state index contributed by atoms with van der Waals surface area (Å²) in [4.78, 5) is 31.2. The van der Waals surface area contributed by atoms with E-state index >= 15 is 0 Å². The molecular formula is C21H16F3N3O2S. The van der Waals surface area contributed by atoms with Gasteiger partial charge in [0, 0.05) is 16.8 Å². The van der Waals surface area contributed by atoms with Crippen molar-refractivity contribution >= 4 is 29.1 Å². The lowest BCUT2D eigenvalue weighted by molar-refractivity contribution is -0.141. The van der Waals surface area contributed by atoms with Crippen LogP contribution in [0, 0.1) is 0 Å². The smallest absolute Gasteiger partial charge is 0.325 e. The first-order chi connectivity index (χ1) is 14.2. The highest BCUT2D eigenvalue weighted by Gasteiger charge is 2.34. The number of carbonyl (C=O) groups excluding carboxylic acids is 2. The van der Waals surface area contributed by atoms with E-state index in [1.165, 1.54) is 6.92 Å².